The van der Waals surface area contributed by atoms with Crippen LogP contribution in [-0.4, -0.2) is 15.9 Å². The molecule has 0 saturated carbocycles. The fraction of sp³-hybridized carbons (Fsp3) is 0. The molecule has 22 heavy (non-hydrogen) atoms. The molecule has 0 aliphatic carbocycles. The maximum absolute atomic E-state index is 12.2. The normalized spacial score (nSPS) is 10.4. The van der Waals surface area contributed by atoms with E-state index in [0.717, 1.165) is 4.47 Å². The summed E-state index contributed by atoms with van der Waals surface area (Å²) >= 11 is 4.56. The Hall–Kier alpha value is -2.25. The van der Waals surface area contributed by atoms with Gasteiger partial charge in [-0.15, -0.1) is 0 Å². The largest absolute Gasteiger partial charge is 0.389 e. The van der Waals surface area contributed by atoms with Crippen molar-refractivity contribution >= 4 is 43.3 Å². The second-order valence-corrected chi connectivity index (χ2v) is 6.36. The van der Waals surface area contributed by atoms with Crippen LogP contribution in [0.15, 0.2) is 53.1 Å². The summed E-state index contributed by atoms with van der Waals surface area (Å²) in [4.78, 5) is 20.8. The lowest BCUT2D eigenvalue weighted by Crippen LogP contribution is -2.11. The Labute approximate surface area is 139 Å². The van der Waals surface area contributed by atoms with Gasteiger partial charge in [0, 0.05) is 16.2 Å². The van der Waals surface area contributed by atoms with Gasteiger partial charge < -0.3 is 5.73 Å². The molecular weight excluding hydrogens is 364 g/mol. The van der Waals surface area contributed by atoms with Gasteiger partial charge in [0.25, 0.3) is 5.91 Å². The standard InChI is InChI=1S/C15H11BrN4OS/c16-10-5-3-4-9(8-10)14(21)20-15-19-12(13(17)22-15)11-6-1-2-7-18-11/h1-8H,17H2,(H,19,20,21). The molecular formula is C15H11BrN4OS. The third-order valence-electron chi connectivity index (χ3n) is 2.87. The summed E-state index contributed by atoms with van der Waals surface area (Å²) in [6.07, 6.45) is 1.67. The predicted octanol–water partition coefficient (Wildman–Crippen LogP) is 3.80. The summed E-state index contributed by atoms with van der Waals surface area (Å²) < 4.78 is 0.841. The van der Waals surface area contributed by atoms with Gasteiger partial charge in [-0.2, -0.15) is 0 Å². The highest BCUT2D eigenvalue weighted by Gasteiger charge is 2.14. The number of hydrogen-bond donors (Lipinski definition) is 2. The molecule has 7 heteroatoms. The number of nitrogens with zero attached hydrogens (tertiary/aromatic N) is 2. The molecule has 0 unspecified atom stereocenters. The maximum Gasteiger partial charge on any atom is 0.257 e. The van der Waals surface area contributed by atoms with Gasteiger partial charge in [0.05, 0.1) is 5.69 Å². The maximum atomic E-state index is 12.2. The minimum atomic E-state index is -0.234. The number of carbonyl (C=O) groups is 1. The molecule has 1 amide bonds. The van der Waals surface area contributed by atoms with Crippen LogP contribution in [0.1, 0.15) is 10.4 Å². The van der Waals surface area contributed by atoms with Crippen LogP contribution in [0.5, 0.6) is 0 Å². The summed E-state index contributed by atoms with van der Waals surface area (Å²) in [5, 5.41) is 3.72. The van der Waals surface area contributed by atoms with Crippen molar-refractivity contribution in [3.63, 3.8) is 0 Å². The van der Waals surface area contributed by atoms with Crippen molar-refractivity contribution in [2.45, 2.75) is 0 Å². The Kier molecular flexibility index (Phi) is 4.17. The third-order valence-corrected chi connectivity index (χ3v) is 4.16. The summed E-state index contributed by atoms with van der Waals surface area (Å²) in [5.74, 6) is -0.234. The Morgan fingerprint density at radius 1 is 1.23 bits per heavy atom. The summed E-state index contributed by atoms with van der Waals surface area (Å²) in [6, 6.07) is 12.6. The molecule has 2 aromatic heterocycles. The Morgan fingerprint density at radius 3 is 2.82 bits per heavy atom. The lowest BCUT2D eigenvalue weighted by Gasteiger charge is -2.01. The van der Waals surface area contributed by atoms with Gasteiger partial charge in [0.1, 0.15) is 10.7 Å². The first-order valence-electron chi connectivity index (χ1n) is 6.38. The number of amides is 1. The van der Waals surface area contributed by atoms with Crippen LogP contribution in [0.4, 0.5) is 10.1 Å². The zero-order chi connectivity index (χ0) is 15.5. The quantitative estimate of drug-likeness (QED) is 0.730. The van der Waals surface area contributed by atoms with Gasteiger partial charge in [-0.3, -0.25) is 15.1 Å². The smallest absolute Gasteiger partial charge is 0.257 e. The van der Waals surface area contributed by atoms with Gasteiger partial charge in [-0.1, -0.05) is 39.4 Å². The molecule has 0 atom stereocenters. The number of hydrogen-bond acceptors (Lipinski definition) is 5. The molecule has 0 bridgehead atoms. The van der Waals surface area contributed by atoms with Crippen molar-refractivity contribution < 1.29 is 4.79 Å². The van der Waals surface area contributed by atoms with Crippen molar-refractivity contribution in [1.82, 2.24) is 9.97 Å². The first-order valence-corrected chi connectivity index (χ1v) is 7.99. The average Bonchev–Trinajstić information content (AvgIpc) is 2.88. The van der Waals surface area contributed by atoms with E-state index in [9.17, 15) is 4.79 Å². The summed E-state index contributed by atoms with van der Waals surface area (Å²) in [6.45, 7) is 0. The highest BCUT2D eigenvalue weighted by Crippen LogP contribution is 2.32. The van der Waals surface area contributed by atoms with Crippen molar-refractivity contribution in [1.29, 1.82) is 0 Å². The van der Waals surface area contributed by atoms with Crippen molar-refractivity contribution in [3.05, 3.63) is 58.7 Å². The predicted molar refractivity (Wildman–Crippen MR) is 91.9 cm³/mol. The number of aromatic nitrogens is 2. The lowest BCUT2D eigenvalue weighted by atomic mass is 10.2. The second kappa shape index (κ2) is 6.25. The highest BCUT2D eigenvalue weighted by molar-refractivity contribution is 9.10. The van der Waals surface area contributed by atoms with Crippen LogP contribution in [0.25, 0.3) is 11.4 Å². The molecule has 5 nitrogen and oxygen atoms in total. The molecule has 0 aliphatic rings. The molecule has 0 radical (unpaired) electrons. The number of carbonyl (C=O) groups excluding carboxylic acids is 1. The van der Waals surface area contributed by atoms with E-state index in [2.05, 4.69) is 31.2 Å². The summed E-state index contributed by atoms with van der Waals surface area (Å²) in [5.41, 5.74) is 7.77. The first-order chi connectivity index (χ1) is 10.6. The van der Waals surface area contributed by atoms with Crippen LogP contribution >= 0.6 is 27.3 Å². The molecule has 0 saturated heterocycles. The van der Waals surface area contributed by atoms with Gasteiger partial charge in [-0.25, -0.2) is 4.98 Å². The van der Waals surface area contributed by atoms with Crippen LogP contribution in [0.3, 0.4) is 0 Å². The summed E-state index contributed by atoms with van der Waals surface area (Å²) in [7, 11) is 0. The molecule has 3 N–H and O–H groups in total. The number of anilines is 2. The SMILES string of the molecule is Nc1sc(NC(=O)c2cccc(Br)c2)nc1-c1ccccn1. The fourth-order valence-corrected chi connectivity index (χ4v) is 3.01. The van der Waals surface area contributed by atoms with E-state index in [1.807, 2.05) is 24.3 Å². The van der Waals surface area contributed by atoms with E-state index in [0.29, 0.717) is 27.1 Å². The topological polar surface area (TPSA) is 80.9 Å². The average molecular weight is 375 g/mol. The van der Waals surface area contributed by atoms with E-state index < -0.39 is 0 Å². The number of nitrogens with one attached hydrogen (secondary N) is 1. The monoisotopic (exact) mass is 374 g/mol. The number of pyridine rings is 1. The highest BCUT2D eigenvalue weighted by atomic mass is 79.9. The van der Waals surface area contributed by atoms with Crippen molar-refractivity contribution in [2.75, 3.05) is 11.1 Å². The van der Waals surface area contributed by atoms with E-state index in [1.165, 1.54) is 11.3 Å². The first kappa shape index (κ1) is 14.7. The molecule has 3 aromatic rings. The van der Waals surface area contributed by atoms with Crippen molar-refractivity contribution in [2.24, 2.45) is 0 Å². The third kappa shape index (κ3) is 3.15. The van der Waals surface area contributed by atoms with Crippen LogP contribution in [0.2, 0.25) is 0 Å². The molecule has 1 aromatic carbocycles. The molecule has 0 aliphatic heterocycles. The number of nitrogen functional groups attached to an aromatic ring is 1. The number of benzene rings is 1. The van der Waals surface area contributed by atoms with Crippen molar-refractivity contribution in [3.8, 4) is 11.4 Å². The fourth-order valence-electron chi connectivity index (χ4n) is 1.87. The molecule has 0 spiro atoms. The van der Waals surface area contributed by atoms with Crippen LogP contribution in [0, 0.1) is 0 Å². The van der Waals surface area contributed by atoms with Gasteiger partial charge >= 0.3 is 0 Å². The molecule has 110 valence electrons. The zero-order valence-corrected chi connectivity index (χ0v) is 13.7. The number of rotatable bonds is 3. The van der Waals surface area contributed by atoms with E-state index in [-0.39, 0.29) is 5.91 Å². The second-order valence-electron chi connectivity index (χ2n) is 4.41. The molecule has 3 rings (SSSR count). The van der Waals surface area contributed by atoms with Crippen LogP contribution in [-0.2, 0) is 0 Å². The van der Waals surface area contributed by atoms with E-state index in [1.54, 1.807) is 24.4 Å². The van der Waals surface area contributed by atoms with Gasteiger partial charge in [0.15, 0.2) is 5.13 Å². The molecule has 0 fully saturated rings. The number of nitrogens with two attached hydrogens (primary N) is 1. The minimum absolute atomic E-state index is 0.234. The Balaban J connectivity index is 1.84. The number of thiazole rings is 1. The van der Waals surface area contributed by atoms with Crippen LogP contribution < -0.4 is 11.1 Å². The zero-order valence-electron chi connectivity index (χ0n) is 11.3. The minimum Gasteiger partial charge on any atom is -0.389 e. The van der Waals surface area contributed by atoms with Gasteiger partial charge in [0.2, 0.25) is 0 Å². The lowest BCUT2D eigenvalue weighted by molar-refractivity contribution is 0.102. The van der Waals surface area contributed by atoms with Gasteiger partial charge in [-0.05, 0) is 30.3 Å². The number of halogens is 1. The Morgan fingerprint density at radius 2 is 2.09 bits per heavy atom. The Bertz CT molecular complexity index is 819. The van der Waals surface area contributed by atoms with E-state index in [4.69, 9.17) is 5.73 Å². The van der Waals surface area contributed by atoms with E-state index >= 15 is 0 Å². The molecule has 2 heterocycles.